The fraction of sp³-hybridized carbons (Fsp3) is 0.200. The van der Waals surface area contributed by atoms with Gasteiger partial charge in [-0.05, 0) is 49.7 Å². The van der Waals surface area contributed by atoms with Crippen molar-refractivity contribution in [3.05, 3.63) is 54.0 Å². The first-order chi connectivity index (χ1) is 9.56. The van der Waals surface area contributed by atoms with Gasteiger partial charge in [-0.2, -0.15) is 0 Å². The van der Waals surface area contributed by atoms with Crippen molar-refractivity contribution >= 4 is 11.7 Å². The molecular formula is C15H15FN2O2. The maximum absolute atomic E-state index is 12.8. The topological polar surface area (TPSA) is 51.2 Å². The highest BCUT2D eigenvalue weighted by Crippen LogP contribution is 2.14. The number of hydrogen-bond donors (Lipinski definition) is 1. The second kappa shape index (κ2) is 6.14. The van der Waals surface area contributed by atoms with Crippen molar-refractivity contribution in [3.63, 3.8) is 0 Å². The first-order valence-electron chi connectivity index (χ1n) is 6.21. The molecule has 1 aromatic heterocycles. The average molecular weight is 274 g/mol. The normalized spacial score (nSPS) is 11.8. The van der Waals surface area contributed by atoms with E-state index in [2.05, 4.69) is 10.3 Å². The van der Waals surface area contributed by atoms with Crippen molar-refractivity contribution in [2.24, 2.45) is 0 Å². The molecule has 0 aliphatic rings. The molecule has 2 aromatic rings. The van der Waals surface area contributed by atoms with Gasteiger partial charge < -0.3 is 10.1 Å². The van der Waals surface area contributed by atoms with Crippen LogP contribution in [0.25, 0.3) is 0 Å². The molecule has 2 rings (SSSR count). The van der Waals surface area contributed by atoms with Crippen LogP contribution >= 0.6 is 0 Å². The quantitative estimate of drug-likeness (QED) is 0.932. The van der Waals surface area contributed by atoms with E-state index in [0.717, 1.165) is 5.56 Å². The van der Waals surface area contributed by atoms with Crippen LogP contribution in [-0.4, -0.2) is 17.0 Å². The number of anilines is 1. The van der Waals surface area contributed by atoms with Gasteiger partial charge in [-0.1, -0.05) is 6.07 Å². The van der Waals surface area contributed by atoms with Crippen LogP contribution in [0.5, 0.6) is 5.75 Å². The van der Waals surface area contributed by atoms with E-state index in [1.807, 2.05) is 13.0 Å². The average Bonchev–Trinajstić information content (AvgIpc) is 2.44. The summed E-state index contributed by atoms with van der Waals surface area (Å²) in [4.78, 5) is 16.1. The number of nitrogens with zero attached hydrogens (tertiary/aromatic N) is 1. The summed E-state index contributed by atoms with van der Waals surface area (Å²) in [6, 6.07) is 9.17. The Bertz CT molecular complexity index is 599. The number of pyridine rings is 1. The monoisotopic (exact) mass is 274 g/mol. The van der Waals surface area contributed by atoms with Gasteiger partial charge in [0.15, 0.2) is 6.10 Å². The third-order valence-corrected chi connectivity index (χ3v) is 2.75. The molecule has 0 spiro atoms. The molecule has 1 N–H and O–H groups in total. The first-order valence-corrected chi connectivity index (χ1v) is 6.21. The summed E-state index contributed by atoms with van der Waals surface area (Å²) in [6.07, 6.45) is 0.899. The summed E-state index contributed by atoms with van der Waals surface area (Å²) in [6.45, 7) is 3.48. The second-order valence-electron chi connectivity index (χ2n) is 4.37. The number of ether oxygens (including phenoxy) is 1. The van der Waals surface area contributed by atoms with E-state index in [4.69, 9.17) is 4.74 Å². The molecule has 1 amide bonds. The number of hydrogen-bond acceptors (Lipinski definition) is 3. The third-order valence-electron chi connectivity index (χ3n) is 2.75. The van der Waals surface area contributed by atoms with Crippen molar-refractivity contribution < 1.29 is 13.9 Å². The lowest BCUT2D eigenvalue weighted by atomic mass is 10.2. The van der Waals surface area contributed by atoms with E-state index >= 15 is 0 Å². The molecule has 0 saturated carbocycles. The fourth-order valence-electron chi connectivity index (χ4n) is 1.61. The highest BCUT2D eigenvalue weighted by Gasteiger charge is 2.16. The predicted octanol–water partition coefficient (Wildman–Crippen LogP) is 2.94. The Labute approximate surface area is 116 Å². The van der Waals surface area contributed by atoms with Crippen LogP contribution in [0, 0.1) is 12.7 Å². The molecule has 0 aliphatic heterocycles. The summed E-state index contributed by atoms with van der Waals surface area (Å²) < 4.78 is 18.2. The van der Waals surface area contributed by atoms with Crippen LogP contribution in [0.2, 0.25) is 0 Å². The number of amides is 1. The van der Waals surface area contributed by atoms with Crippen LogP contribution in [0.1, 0.15) is 12.5 Å². The molecule has 0 saturated heterocycles. The molecule has 1 aromatic carbocycles. The van der Waals surface area contributed by atoms with E-state index in [1.54, 1.807) is 19.2 Å². The van der Waals surface area contributed by atoms with E-state index in [-0.39, 0.29) is 11.7 Å². The van der Waals surface area contributed by atoms with Crippen LogP contribution in [-0.2, 0) is 4.79 Å². The van der Waals surface area contributed by atoms with Gasteiger partial charge in [0.1, 0.15) is 17.4 Å². The summed E-state index contributed by atoms with van der Waals surface area (Å²) in [7, 11) is 0. The zero-order valence-corrected chi connectivity index (χ0v) is 11.3. The standard InChI is InChI=1S/C15H15FN2O2/c1-10-4-3-9-17-14(10)18-15(19)11(2)20-13-7-5-12(16)6-8-13/h3-9,11H,1-2H3,(H,17,18,19)/t11-/m1/s1. The lowest BCUT2D eigenvalue weighted by Crippen LogP contribution is -2.30. The van der Waals surface area contributed by atoms with Crippen molar-refractivity contribution in [1.82, 2.24) is 4.98 Å². The van der Waals surface area contributed by atoms with Gasteiger partial charge in [0.05, 0.1) is 0 Å². The lowest BCUT2D eigenvalue weighted by Gasteiger charge is -2.15. The van der Waals surface area contributed by atoms with Crippen molar-refractivity contribution in [2.75, 3.05) is 5.32 Å². The molecule has 1 heterocycles. The molecule has 4 nitrogen and oxygen atoms in total. The van der Waals surface area contributed by atoms with Gasteiger partial charge in [-0.3, -0.25) is 4.79 Å². The van der Waals surface area contributed by atoms with Gasteiger partial charge >= 0.3 is 0 Å². The fourth-order valence-corrected chi connectivity index (χ4v) is 1.61. The molecule has 1 atom stereocenters. The highest BCUT2D eigenvalue weighted by molar-refractivity contribution is 5.93. The summed E-state index contributed by atoms with van der Waals surface area (Å²) >= 11 is 0. The number of carbonyl (C=O) groups excluding carboxylic acids is 1. The number of halogens is 1. The number of aromatic nitrogens is 1. The molecule has 0 fully saturated rings. The zero-order valence-electron chi connectivity index (χ0n) is 11.3. The van der Waals surface area contributed by atoms with E-state index in [0.29, 0.717) is 11.6 Å². The van der Waals surface area contributed by atoms with Gasteiger partial charge in [-0.15, -0.1) is 0 Å². The van der Waals surface area contributed by atoms with Crippen LogP contribution in [0.4, 0.5) is 10.2 Å². The van der Waals surface area contributed by atoms with Crippen LogP contribution in [0.15, 0.2) is 42.6 Å². The van der Waals surface area contributed by atoms with E-state index in [1.165, 1.54) is 24.3 Å². The Hall–Kier alpha value is -2.43. The van der Waals surface area contributed by atoms with Gasteiger partial charge in [-0.25, -0.2) is 9.37 Å². The summed E-state index contributed by atoms with van der Waals surface area (Å²) in [5.74, 6) is 0.286. The zero-order chi connectivity index (χ0) is 14.5. The Morgan fingerprint density at radius 3 is 2.65 bits per heavy atom. The second-order valence-corrected chi connectivity index (χ2v) is 4.37. The predicted molar refractivity (Wildman–Crippen MR) is 74.1 cm³/mol. The largest absolute Gasteiger partial charge is 0.481 e. The third kappa shape index (κ3) is 3.54. The van der Waals surface area contributed by atoms with Gasteiger partial charge in [0.2, 0.25) is 0 Å². The maximum atomic E-state index is 12.8. The molecule has 0 radical (unpaired) electrons. The van der Waals surface area contributed by atoms with Gasteiger partial charge in [0, 0.05) is 6.20 Å². The number of aryl methyl sites for hydroxylation is 1. The minimum Gasteiger partial charge on any atom is -0.481 e. The molecule has 0 aliphatic carbocycles. The Kier molecular flexibility index (Phi) is 4.30. The highest BCUT2D eigenvalue weighted by atomic mass is 19.1. The van der Waals surface area contributed by atoms with Crippen LogP contribution < -0.4 is 10.1 Å². The van der Waals surface area contributed by atoms with E-state index < -0.39 is 6.10 Å². The first kappa shape index (κ1) is 14.0. The smallest absolute Gasteiger partial charge is 0.266 e. The van der Waals surface area contributed by atoms with E-state index in [9.17, 15) is 9.18 Å². The maximum Gasteiger partial charge on any atom is 0.266 e. The number of benzene rings is 1. The molecule has 0 bridgehead atoms. The van der Waals surface area contributed by atoms with Gasteiger partial charge in [0.25, 0.3) is 5.91 Å². The molecule has 104 valence electrons. The number of nitrogens with one attached hydrogen (secondary N) is 1. The minimum atomic E-state index is -0.707. The molecule has 20 heavy (non-hydrogen) atoms. The lowest BCUT2D eigenvalue weighted by molar-refractivity contribution is -0.122. The Balaban J connectivity index is 1.99. The summed E-state index contributed by atoms with van der Waals surface area (Å²) in [5, 5.41) is 2.69. The number of carbonyl (C=O) groups is 1. The molecular weight excluding hydrogens is 259 g/mol. The number of rotatable bonds is 4. The van der Waals surface area contributed by atoms with Crippen molar-refractivity contribution in [1.29, 1.82) is 0 Å². The SMILES string of the molecule is Cc1cccnc1NC(=O)[C@@H](C)Oc1ccc(F)cc1. The van der Waals surface area contributed by atoms with Crippen LogP contribution in [0.3, 0.4) is 0 Å². The van der Waals surface area contributed by atoms with Crippen molar-refractivity contribution in [2.45, 2.75) is 20.0 Å². The minimum absolute atomic E-state index is 0.309. The Morgan fingerprint density at radius 1 is 1.30 bits per heavy atom. The molecule has 0 unspecified atom stereocenters. The Morgan fingerprint density at radius 2 is 2.00 bits per heavy atom. The molecule has 5 heteroatoms. The summed E-state index contributed by atoms with van der Waals surface area (Å²) in [5.41, 5.74) is 0.870. The van der Waals surface area contributed by atoms with Crippen molar-refractivity contribution in [3.8, 4) is 5.75 Å².